The summed E-state index contributed by atoms with van der Waals surface area (Å²) in [6.45, 7) is 0.308. The number of hydrogen-bond donors (Lipinski definition) is 3. The second-order valence-electron chi connectivity index (χ2n) is 13.1. The number of aliphatic hydroxyl groups is 1. The van der Waals surface area contributed by atoms with Gasteiger partial charge in [-0.2, -0.15) is 79.0 Å². The quantitative estimate of drug-likeness (QED) is 0.115. The highest BCUT2D eigenvalue weighted by Gasteiger charge is 2.41. The van der Waals surface area contributed by atoms with Crippen molar-refractivity contribution in [1.29, 1.82) is 0 Å². The number of rotatable bonds is 9. The van der Waals surface area contributed by atoms with Crippen molar-refractivity contribution >= 4 is 45.7 Å². The van der Waals surface area contributed by atoms with Gasteiger partial charge in [0.15, 0.2) is 0 Å². The second-order valence-corrected chi connectivity index (χ2v) is 13.6. The number of aliphatic hydroxyl groups excluding tert-OH is 1. The zero-order valence-corrected chi connectivity index (χ0v) is 36.0. The van der Waals surface area contributed by atoms with E-state index in [0.29, 0.717) is 42.0 Å². The Morgan fingerprint density at radius 3 is 1.14 bits per heavy atom. The molecule has 368 valence electrons. The Balaban J connectivity index is 0.000000511. The first-order chi connectivity index (χ1) is 29.8. The van der Waals surface area contributed by atoms with E-state index in [4.69, 9.17) is 19.4 Å². The van der Waals surface area contributed by atoms with E-state index in [1.807, 2.05) is 6.79 Å². The molecule has 1 heterocycles. The van der Waals surface area contributed by atoms with E-state index in [1.165, 1.54) is 0 Å². The van der Waals surface area contributed by atoms with Gasteiger partial charge in [0.2, 0.25) is 0 Å². The fourth-order valence-electron chi connectivity index (χ4n) is 5.45. The Labute approximate surface area is 380 Å². The Morgan fingerprint density at radius 2 is 0.864 bits per heavy atom. The average molecular weight is 1110 g/mol. The average Bonchev–Trinajstić information content (AvgIpc) is 3.60. The molecule has 4 aromatic rings. The third-order valence-electron chi connectivity index (χ3n) is 8.32. The number of carbonyl (C=O) groups is 2. The highest BCUT2D eigenvalue weighted by Crippen LogP contribution is 2.39. The highest BCUT2D eigenvalue weighted by atomic mass is 79.9. The maximum absolute atomic E-state index is 13.0. The van der Waals surface area contributed by atoms with Gasteiger partial charge in [-0.25, -0.2) is 4.79 Å². The Hall–Kier alpha value is -4.60. The largest absolute Gasteiger partial charge is 0.416 e. The maximum atomic E-state index is 13.0. The normalized spacial score (nSPS) is 15.4. The summed E-state index contributed by atoms with van der Waals surface area (Å²) in [7, 11) is 0. The van der Waals surface area contributed by atoms with E-state index in [1.54, 1.807) is 30.3 Å². The molecule has 1 fully saturated rings. The van der Waals surface area contributed by atoms with Gasteiger partial charge >= 0.3 is 43.1 Å². The van der Waals surface area contributed by atoms with Crippen molar-refractivity contribution in [1.82, 2.24) is 10.6 Å². The molecule has 0 aromatic heterocycles. The molecule has 27 heteroatoms. The van der Waals surface area contributed by atoms with Gasteiger partial charge < -0.3 is 30.0 Å². The summed E-state index contributed by atoms with van der Waals surface area (Å²) in [5.41, 5.74) is -9.49. The van der Waals surface area contributed by atoms with Crippen molar-refractivity contribution < 1.29 is 103 Å². The van der Waals surface area contributed by atoms with Crippen molar-refractivity contribution in [2.24, 2.45) is 0 Å². The van der Waals surface area contributed by atoms with Crippen LogP contribution in [-0.4, -0.2) is 36.6 Å². The molecule has 0 aliphatic carbocycles. The number of benzene rings is 4. The van der Waals surface area contributed by atoms with Crippen LogP contribution in [0.1, 0.15) is 55.6 Å². The summed E-state index contributed by atoms with van der Waals surface area (Å²) in [5, 5.41) is 13.9. The van der Waals surface area contributed by atoms with Crippen LogP contribution in [0.25, 0.3) is 0 Å². The lowest BCUT2D eigenvalue weighted by atomic mass is 9.92. The summed E-state index contributed by atoms with van der Waals surface area (Å²) in [4.78, 5) is 19.6. The van der Waals surface area contributed by atoms with Gasteiger partial charge in [0.1, 0.15) is 17.8 Å². The number of alkyl halides is 19. The SMILES string of the molecule is Br.C=O.FC(F)(F)c1cc(COCBr)cc(C(F)(F)F)c1.O=C1NC[C@@](COCc2cc(C(F)(F)F)cc(C(F)(F)F)c2)(c2ccccc2)N1.OCc1cc(C(F)(F)F)cc(C(F)(F)F)c1. The number of halogens is 20. The van der Waals surface area contributed by atoms with Gasteiger partial charge in [-0.05, 0) is 76.9 Å². The standard InChI is InChI=1S/C19H16F6N2O2.C10H7BrF6O.C9H6F6O.CH2O.BrH/c20-18(21,22)14-6-12(7-15(8-14)19(23,24)25)9-29-11-17(10-26-16(28)27-17)13-4-2-1-3-5-13;11-5-18-4-6-1-7(9(12,13)14)3-8(2-6)10(15,16)17;10-8(11,12)6-1-5(4-16)2-7(3-6)9(13,14)15;1-2;/h1-8H,9-11H2,(H2,26,27,28);1-3H,4-5H2;1-3,16H,4H2;1H2;1H/t17-;;;;/m1..../s1. The molecular weight excluding hydrogens is 1080 g/mol. The van der Waals surface area contributed by atoms with E-state index in [-0.39, 0.29) is 71.6 Å². The van der Waals surface area contributed by atoms with Crippen LogP contribution in [0.15, 0.2) is 84.9 Å². The monoisotopic (exact) mass is 1110 g/mol. The van der Waals surface area contributed by atoms with Crippen molar-refractivity contribution in [3.05, 3.63) is 141 Å². The molecule has 66 heavy (non-hydrogen) atoms. The number of carbonyl (C=O) groups excluding carboxylic acids is 2. The van der Waals surface area contributed by atoms with Crippen LogP contribution in [-0.2, 0) is 76.7 Å². The minimum Gasteiger partial charge on any atom is -0.392 e. The fourth-order valence-corrected chi connectivity index (χ4v) is 5.62. The first-order valence-corrected chi connectivity index (χ1v) is 18.5. The van der Waals surface area contributed by atoms with Crippen molar-refractivity contribution in [3.8, 4) is 0 Å². The Bertz CT molecular complexity index is 2070. The van der Waals surface area contributed by atoms with E-state index in [9.17, 15) is 83.8 Å². The molecule has 0 bridgehead atoms. The van der Waals surface area contributed by atoms with E-state index in [2.05, 4.69) is 26.6 Å². The second kappa shape index (κ2) is 23.9. The molecule has 7 nitrogen and oxygen atoms in total. The van der Waals surface area contributed by atoms with Gasteiger partial charge in [0, 0.05) is 6.54 Å². The molecule has 4 aromatic carbocycles. The topological polar surface area (TPSA) is 96.9 Å². The molecule has 0 spiro atoms. The molecule has 0 unspecified atom stereocenters. The van der Waals surface area contributed by atoms with E-state index < -0.39 is 101 Å². The summed E-state index contributed by atoms with van der Waals surface area (Å²) < 4.78 is 236. The van der Waals surface area contributed by atoms with Crippen molar-refractivity contribution in [2.75, 3.05) is 18.7 Å². The first-order valence-electron chi connectivity index (χ1n) is 17.4. The molecule has 0 saturated carbocycles. The predicted molar refractivity (Wildman–Crippen MR) is 206 cm³/mol. The van der Waals surface area contributed by atoms with Crippen molar-refractivity contribution in [2.45, 2.75) is 62.4 Å². The van der Waals surface area contributed by atoms with Gasteiger partial charge in [-0.1, -0.05) is 46.3 Å². The molecule has 3 N–H and O–H groups in total. The lowest BCUT2D eigenvalue weighted by Crippen LogP contribution is -2.44. The van der Waals surface area contributed by atoms with Crippen LogP contribution >= 0.6 is 32.9 Å². The number of amides is 2. The maximum Gasteiger partial charge on any atom is 0.416 e. The third-order valence-corrected chi connectivity index (χ3v) is 8.64. The van der Waals surface area contributed by atoms with Crippen molar-refractivity contribution in [3.63, 3.8) is 0 Å². The molecule has 1 aliphatic rings. The van der Waals surface area contributed by atoms with E-state index >= 15 is 0 Å². The van der Waals surface area contributed by atoms with Crippen LogP contribution in [0.5, 0.6) is 0 Å². The molecule has 1 saturated heterocycles. The van der Waals surface area contributed by atoms with Gasteiger partial charge in [-0.3, -0.25) is 0 Å². The summed E-state index contributed by atoms with van der Waals surface area (Å²) in [5.74, 6) is 0. The summed E-state index contributed by atoms with van der Waals surface area (Å²) in [6, 6.07) is 11.9. The zero-order valence-electron chi connectivity index (χ0n) is 32.7. The van der Waals surface area contributed by atoms with Crippen LogP contribution in [0.2, 0.25) is 0 Å². The summed E-state index contributed by atoms with van der Waals surface area (Å²) >= 11 is 2.86. The Morgan fingerprint density at radius 1 is 0.545 bits per heavy atom. The number of nitrogens with one attached hydrogen (secondary N) is 2. The van der Waals surface area contributed by atoms with Gasteiger partial charge in [0.25, 0.3) is 0 Å². The Kier molecular flexibility index (Phi) is 21.5. The van der Waals surface area contributed by atoms with Crippen LogP contribution in [0.3, 0.4) is 0 Å². The smallest absolute Gasteiger partial charge is 0.392 e. The molecule has 0 radical (unpaired) electrons. The molecular formula is C39H32Br2F18N2O5. The van der Waals surface area contributed by atoms with Gasteiger partial charge in [-0.15, -0.1) is 17.0 Å². The molecule has 1 atom stereocenters. The predicted octanol–water partition coefficient (Wildman–Crippen LogP) is 12.7. The molecule has 1 aliphatic heterocycles. The lowest BCUT2D eigenvalue weighted by molar-refractivity contribution is -0.144. The van der Waals surface area contributed by atoms with Gasteiger partial charge in [0.05, 0.1) is 59.8 Å². The molecule has 5 rings (SSSR count). The highest BCUT2D eigenvalue weighted by molar-refractivity contribution is 9.09. The van der Waals surface area contributed by atoms with Crippen LogP contribution < -0.4 is 10.6 Å². The first kappa shape index (κ1) is 59.4. The fraction of sp³-hybridized carbons (Fsp3) is 0.333. The van der Waals surface area contributed by atoms with E-state index in [0.717, 1.165) is 0 Å². The summed E-state index contributed by atoms with van der Waals surface area (Å²) in [6.07, 6.45) is -29.2. The van der Waals surface area contributed by atoms with Crippen LogP contribution in [0.4, 0.5) is 83.8 Å². The minimum atomic E-state index is -4.93. The lowest BCUT2D eigenvalue weighted by Gasteiger charge is -2.28. The number of hydrogen-bond acceptors (Lipinski definition) is 5. The number of urea groups is 1. The third kappa shape index (κ3) is 18.2. The molecule has 2 amide bonds. The number of ether oxygens (including phenoxy) is 2. The zero-order chi connectivity index (χ0) is 49.8. The minimum absolute atomic E-state index is 0. The van der Waals surface area contributed by atoms with Crippen LogP contribution in [0, 0.1) is 0 Å².